The molecule has 3 nitrogen and oxygen atoms in total. The molecule has 2 aromatic rings. The van der Waals surface area contributed by atoms with E-state index in [-0.39, 0.29) is 5.76 Å². The fourth-order valence-electron chi connectivity index (χ4n) is 1.16. The first-order chi connectivity index (χ1) is 7.70. The summed E-state index contributed by atoms with van der Waals surface area (Å²) in [5, 5.41) is 22.8. The number of hydrogen-bond donors (Lipinski definition) is 2. The van der Waals surface area contributed by atoms with Gasteiger partial charge in [-0.25, -0.2) is 0 Å². The average Bonchev–Trinajstić information content (AvgIpc) is 2.97. The van der Waals surface area contributed by atoms with Crippen LogP contribution in [0.15, 0.2) is 40.8 Å². The molecule has 16 heavy (non-hydrogen) atoms. The zero-order chi connectivity index (χ0) is 11.5. The third-order valence-corrected chi connectivity index (χ3v) is 3.68. The third-order valence-electron chi connectivity index (χ3n) is 1.94. The topological polar surface area (TPSA) is 57.5 Å². The lowest BCUT2D eigenvalue weighted by atomic mass is 10.2. The van der Waals surface area contributed by atoms with Gasteiger partial charge in [-0.3, -0.25) is 4.79 Å². The van der Waals surface area contributed by atoms with Gasteiger partial charge in [-0.2, -0.15) is 0 Å². The van der Waals surface area contributed by atoms with E-state index in [0.29, 0.717) is 9.75 Å². The van der Waals surface area contributed by atoms with Gasteiger partial charge in [0.15, 0.2) is 5.76 Å². The van der Waals surface area contributed by atoms with Gasteiger partial charge in [0, 0.05) is 0 Å². The predicted octanol–water partition coefficient (Wildman–Crippen LogP) is 3.48. The van der Waals surface area contributed by atoms with Crippen LogP contribution in [0, 0.1) is 0 Å². The molecular weight excluding hydrogens is 244 g/mol. The van der Waals surface area contributed by atoms with Crippen molar-refractivity contribution in [2.45, 2.75) is 0 Å². The highest BCUT2D eigenvalue weighted by Crippen LogP contribution is 2.23. The Morgan fingerprint density at radius 2 is 1.56 bits per heavy atom. The Balaban J connectivity index is 2.35. The van der Waals surface area contributed by atoms with Crippen LogP contribution in [-0.4, -0.2) is 16.0 Å². The van der Waals surface area contributed by atoms with Crippen LogP contribution in [0.1, 0.15) is 14.5 Å². The molecule has 0 saturated carbocycles. The zero-order valence-corrected chi connectivity index (χ0v) is 9.72. The summed E-state index contributed by atoms with van der Waals surface area (Å²) in [7, 11) is 0. The van der Waals surface area contributed by atoms with E-state index in [1.165, 1.54) is 22.7 Å². The van der Waals surface area contributed by atoms with Gasteiger partial charge in [0.25, 0.3) is 0 Å². The number of rotatable bonds is 3. The number of carbonyl (C=O) groups excluding carboxylic acids is 1. The summed E-state index contributed by atoms with van der Waals surface area (Å²) < 4.78 is 0. The van der Waals surface area contributed by atoms with Gasteiger partial charge in [-0.1, -0.05) is 12.1 Å². The SMILES string of the molecule is O=C(C(O)=C(O)c1cccs1)c1cccs1. The molecule has 0 aliphatic heterocycles. The van der Waals surface area contributed by atoms with Gasteiger partial charge < -0.3 is 10.2 Å². The van der Waals surface area contributed by atoms with E-state index >= 15 is 0 Å². The van der Waals surface area contributed by atoms with E-state index in [2.05, 4.69) is 0 Å². The molecular formula is C11H8O3S2. The van der Waals surface area contributed by atoms with E-state index in [1.807, 2.05) is 0 Å². The number of thiophene rings is 2. The van der Waals surface area contributed by atoms with Gasteiger partial charge in [0.1, 0.15) is 0 Å². The minimum atomic E-state index is -0.607. The number of ketones is 1. The van der Waals surface area contributed by atoms with Gasteiger partial charge in [-0.15, -0.1) is 22.7 Å². The Morgan fingerprint density at radius 3 is 2.06 bits per heavy atom. The number of hydrogen-bond acceptors (Lipinski definition) is 5. The molecule has 2 heterocycles. The van der Waals surface area contributed by atoms with Crippen molar-refractivity contribution in [1.82, 2.24) is 0 Å². The zero-order valence-electron chi connectivity index (χ0n) is 8.08. The maximum Gasteiger partial charge on any atom is 0.241 e. The summed E-state index contributed by atoms with van der Waals surface area (Å²) >= 11 is 2.48. The lowest BCUT2D eigenvalue weighted by Gasteiger charge is -2.00. The second kappa shape index (κ2) is 4.51. The Morgan fingerprint density at radius 1 is 1.00 bits per heavy atom. The third kappa shape index (κ3) is 2.00. The van der Waals surface area contributed by atoms with Crippen molar-refractivity contribution >= 4 is 34.2 Å². The lowest BCUT2D eigenvalue weighted by Crippen LogP contribution is -2.03. The number of aliphatic hydroxyl groups excluding tert-OH is 2. The molecule has 0 unspecified atom stereocenters. The monoisotopic (exact) mass is 252 g/mol. The minimum absolute atomic E-state index is 0.367. The number of allylic oxidation sites excluding steroid dienone is 1. The van der Waals surface area contributed by atoms with E-state index in [9.17, 15) is 15.0 Å². The molecule has 0 radical (unpaired) electrons. The smallest absolute Gasteiger partial charge is 0.241 e. The molecule has 0 bridgehead atoms. The molecule has 2 N–H and O–H groups in total. The molecule has 2 aromatic heterocycles. The minimum Gasteiger partial charge on any atom is -0.503 e. The molecule has 82 valence electrons. The highest BCUT2D eigenvalue weighted by molar-refractivity contribution is 7.12. The summed E-state index contributed by atoms with van der Waals surface area (Å²) in [5.41, 5.74) is 0. The van der Waals surface area contributed by atoms with Crippen molar-refractivity contribution in [2.75, 3.05) is 0 Å². The van der Waals surface area contributed by atoms with Gasteiger partial charge >= 0.3 is 0 Å². The highest BCUT2D eigenvalue weighted by atomic mass is 32.1. The summed E-state index contributed by atoms with van der Waals surface area (Å²) in [5.74, 6) is -1.53. The van der Waals surface area contributed by atoms with Gasteiger partial charge in [0.2, 0.25) is 11.5 Å². The van der Waals surface area contributed by atoms with Crippen molar-refractivity contribution in [3.63, 3.8) is 0 Å². The van der Waals surface area contributed by atoms with E-state index < -0.39 is 11.5 Å². The lowest BCUT2D eigenvalue weighted by molar-refractivity contribution is 0.0979. The molecule has 0 amide bonds. The van der Waals surface area contributed by atoms with E-state index in [1.54, 1.807) is 35.0 Å². The van der Waals surface area contributed by atoms with Crippen LogP contribution in [0.2, 0.25) is 0 Å². The maximum atomic E-state index is 11.7. The Hall–Kier alpha value is -1.59. The van der Waals surface area contributed by atoms with Crippen molar-refractivity contribution < 1.29 is 15.0 Å². The maximum absolute atomic E-state index is 11.7. The molecule has 5 heteroatoms. The van der Waals surface area contributed by atoms with Crippen molar-refractivity contribution in [2.24, 2.45) is 0 Å². The first kappa shape index (κ1) is 10.9. The van der Waals surface area contributed by atoms with Crippen molar-refractivity contribution in [1.29, 1.82) is 0 Å². The standard InChI is InChI=1S/C11H8O3S2/c12-9(7-3-1-5-15-7)11(14)10(13)8-4-2-6-16-8/h1-6,12,14H. The first-order valence-electron chi connectivity index (χ1n) is 4.44. The molecule has 2 rings (SSSR count). The molecule has 0 atom stereocenters. The summed E-state index contributed by atoms with van der Waals surface area (Å²) in [6.45, 7) is 0. The van der Waals surface area contributed by atoms with Crippen molar-refractivity contribution in [3.05, 3.63) is 50.5 Å². The van der Waals surface area contributed by atoms with Crippen LogP contribution in [0.3, 0.4) is 0 Å². The van der Waals surface area contributed by atoms with Crippen LogP contribution in [0.4, 0.5) is 0 Å². The highest BCUT2D eigenvalue weighted by Gasteiger charge is 2.18. The van der Waals surface area contributed by atoms with Crippen LogP contribution in [-0.2, 0) is 0 Å². The number of aliphatic hydroxyl groups is 2. The molecule has 0 aliphatic carbocycles. The summed E-state index contributed by atoms with van der Waals surface area (Å²) in [6.07, 6.45) is 0. The Kier molecular flexibility index (Phi) is 3.07. The van der Waals surface area contributed by atoms with E-state index in [4.69, 9.17) is 0 Å². The van der Waals surface area contributed by atoms with Crippen LogP contribution >= 0.6 is 22.7 Å². The van der Waals surface area contributed by atoms with E-state index in [0.717, 1.165) is 0 Å². The fraction of sp³-hybridized carbons (Fsp3) is 0. The van der Waals surface area contributed by atoms with Gasteiger partial charge in [-0.05, 0) is 22.9 Å². The largest absolute Gasteiger partial charge is 0.503 e. The quantitative estimate of drug-likeness (QED) is 0.499. The average molecular weight is 252 g/mol. The van der Waals surface area contributed by atoms with Crippen LogP contribution in [0.25, 0.3) is 5.76 Å². The summed E-state index contributed by atoms with van der Waals surface area (Å²) in [6, 6.07) is 6.69. The van der Waals surface area contributed by atoms with Crippen LogP contribution in [0.5, 0.6) is 0 Å². The second-order valence-corrected chi connectivity index (χ2v) is 4.88. The normalized spacial score (nSPS) is 12.2. The number of carbonyl (C=O) groups is 1. The van der Waals surface area contributed by atoms with Gasteiger partial charge in [0.05, 0.1) is 9.75 Å². The molecule has 0 saturated heterocycles. The molecule has 0 fully saturated rings. The van der Waals surface area contributed by atoms with Crippen LogP contribution < -0.4 is 0 Å². The Bertz CT molecular complexity index is 509. The number of Topliss-reactive ketones (excluding diaryl/α,β-unsaturated/α-hetero) is 1. The predicted molar refractivity (Wildman–Crippen MR) is 65.1 cm³/mol. The fourth-order valence-corrected chi connectivity index (χ4v) is 2.50. The van der Waals surface area contributed by atoms with Crippen molar-refractivity contribution in [3.8, 4) is 0 Å². The Labute approximate surface area is 99.9 Å². The first-order valence-corrected chi connectivity index (χ1v) is 6.20. The second-order valence-electron chi connectivity index (χ2n) is 2.98. The molecule has 0 aromatic carbocycles. The molecule has 0 aliphatic rings. The molecule has 0 spiro atoms. The summed E-state index contributed by atoms with van der Waals surface area (Å²) in [4.78, 5) is 12.6.